The van der Waals surface area contributed by atoms with Crippen LogP contribution in [-0.4, -0.2) is 53.8 Å². The molecule has 0 aliphatic heterocycles. The van der Waals surface area contributed by atoms with E-state index < -0.39 is 34.7 Å². The molecule has 0 spiro atoms. The molecule has 0 fully saturated rings. The molecular weight excluding hydrogens is 200 g/mol. The monoisotopic (exact) mass is 206 g/mol. The molecule has 0 saturated carbocycles. The number of Topliss-reactive ketones (excluding diaryl/α,β-unsaturated/α-hetero) is 2. The van der Waals surface area contributed by atoms with Crippen LogP contribution in [-0.2, 0) is 9.59 Å². The van der Waals surface area contributed by atoms with Gasteiger partial charge < -0.3 is 30.6 Å². The topological polar surface area (TPSA) is 156 Å². The molecule has 0 amide bonds. The van der Waals surface area contributed by atoms with E-state index in [4.69, 9.17) is 30.6 Å². The second kappa shape index (κ2) is 2.51. The smallest absolute Gasteiger partial charge is 0.296 e. The van der Waals surface area contributed by atoms with Crippen LogP contribution in [0.15, 0.2) is 11.5 Å². The van der Waals surface area contributed by atoms with Crippen LogP contribution in [0, 0.1) is 0 Å². The Morgan fingerprint density at radius 2 is 0.929 bits per heavy atom. The molecule has 0 saturated heterocycles. The largest absolute Gasteiger partial charge is 0.502 e. The van der Waals surface area contributed by atoms with Crippen molar-refractivity contribution in [2.75, 3.05) is 0 Å². The number of aliphatic hydroxyl groups is 6. The van der Waals surface area contributed by atoms with Crippen LogP contribution in [0.1, 0.15) is 0 Å². The average Bonchev–Trinajstić information content (AvgIpc) is 2.10. The third-order valence-corrected chi connectivity index (χ3v) is 1.77. The molecule has 0 aromatic heterocycles. The zero-order valence-corrected chi connectivity index (χ0v) is 6.50. The van der Waals surface area contributed by atoms with Gasteiger partial charge in [-0.2, -0.15) is 0 Å². The Labute approximate surface area is 76.0 Å². The van der Waals surface area contributed by atoms with Gasteiger partial charge in [-0.15, -0.1) is 0 Å². The molecule has 0 aromatic carbocycles. The number of ketones is 2. The van der Waals surface area contributed by atoms with Gasteiger partial charge >= 0.3 is 0 Å². The lowest BCUT2D eigenvalue weighted by atomic mass is 9.89. The quantitative estimate of drug-likeness (QED) is 0.227. The lowest BCUT2D eigenvalue weighted by molar-refractivity contribution is -0.319. The van der Waals surface area contributed by atoms with Gasteiger partial charge in [-0.3, -0.25) is 9.59 Å². The Bertz CT molecular complexity index is 315. The van der Waals surface area contributed by atoms with Crippen molar-refractivity contribution >= 4 is 11.6 Å². The van der Waals surface area contributed by atoms with Gasteiger partial charge in [0.05, 0.1) is 0 Å². The zero-order chi connectivity index (χ0) is 11.3. The van der Waals surface area contributed by atoms with E-state index in [2.05, 4.69) is 0 Å². The molecule has 0 radical (unpaired) electrons. The van der Waals surface area contributed by atoms with Crippen LogP contribution in [0.4, 0.5) is 0 Å². The summed E-state index contributed by atoms with van der Waals surface area (Å²) in [4.78, 5) is 21.6. The molecule has 0 atom stereocenters. The summed E-state index contributed by atoms with van der Waals surface area (Å²) in [6.07, 6.45) is 0. The molecule has 1 aliphatic rings. The molecule has 78 valence electrons. The highest BCUT2D eigenvalue weighted by molar-refractivity contribution is 6.16. The third kappa shape index (κ3) is 0.960. The highest BCUT2D eigenvalue weighted by Crippen LogP contribution is 2.29. The molecule has 14 heavy (non-hydrogen) atoms. The lowest BCUT2D eigenvalue weighted by Gasteiger charge is -2.34. The van der Waals surface area contributed by atoms with Gasteiger partial charge in [-0.05, 0) is 0 Å². The fraction of sp³-hybridized carbons (Fsp3) is 0.333. The first kappa shape index (κ1) is 10.6. The predicted octanol–water partition coefficient (Wildman–Crippen LogP) is -3.17. The Morgan fingerprint density at radius 1 is 0.714 bits per heavy atom. The van der Waals surface area contributed by atoms with Crippen LogP contribution in [0.5, 0.6) is 0 Å². The maximum absolute atomic E-state index is 10.8. The standard InChI is InChI=1S/C6H6O8/c7-1-2(8)4(10)6(13,14)5(11,12)3(1)9/h7-8,11-14H. The summed E-state index contributed by atoms with van der Waals surface area (Å²) in [7, 11) is 0. The molecule has 6 N–H and O–H groups in total. The van der Waals surface area contributed by atoms with Gasteiger partial charge in [0.15, 0.2) is 0 Å². The highest BCUT2D eigenvalue weighted by atomic mass is 16.6. The number of hydrogen-bond acceptors (Lipinski definition) is 8. The number of rotatable bonds is 0. The number of hydrogen-bond donors (Lipinski definition) is 6. The zero-order valence-electron chi connectivity index (χ0n) is 6.50. The minimum absolute atomic E-state index is 1.64. The summed E-state index contributed by atoms with van der Waals surface area (Å²) in [6.45, 7) is 0. The molecular formula is C6H6O8. The van der Waals surface area contributed by atoms with Gasteiger partial charge in [-0.1, -0.05) is 0 Å². The molecule has 1 rings (SSSR count). The van der Waals surface area contributed by atoms with Crippen molar-refractivity contribution in [2.45, 2.75) is 11.6 Å². The van der Waals surface area contributed by atoms with Crippen molar-refractivity contribution in [1.82, 2.24) is 0 Å². The van der Waals surface area contributed by atoms with Gasteiger partial charge in [0.1, 0.15) is 0 Å². The van der Waals surface area contributed by atoms with Crippen LogP contribution >= 0.6 is 0 Å². The van der Waals surface area contributed by atoms with Gasteiger partial charge in [0, 0.05) is 0 Å². The summed E-state index contributed by atoms with van der Waals surface area (Å²) < 4.78 is 0. The van der Waals surface area contributed by atoms with E-state index in [1.165, 1.54) is 0 Å². The molecule has 0 bridgehead atoms. The first-order valence-corrected chi connectivity index (χ1v) is 3.25. The first-order chi connectivity index (χ1) is 6.14. The van der Waals surface area contributed by atoms with Crippen molar-refractivity contribution in [1.29, 1.82) is 0 Å². The van der Waals surface area contributed by atoms with E-state index in [1.54, 1.807) is 0 Å². The summed E-state index contributed by atoms with van der Waals surface area (Å²) in [5, 5.41) is 52.6. The Hall–Kier alpha value is -1.48. The Balaban J connectivity index is 3.47. The molecule has 0 unspecified atom stereocenters. The van der Waals surface area contributed by atoms with Gasteiger partial charge in [-0.25, -0.2) is 0 Å². The van der Waals surface area contributed by atoms with Crippen molar-refractivity contribution in [3.05, 3.63) is 11.5 Å². The van der Waals surface area contributed by atoms with Gasteiger partial charge in [0.25, 0.3) is 23.1 Å². The van der Waals surface area contributed by atoms with Crippen molar-refractivity contribution < 1.29 is 40.2 Å². The Morgan fingerprint density at radius 3 is 1.14 bits per heavy atom. The summed E-state index contributed by atoms with van der Waals surface area (Å²) >= 11 is 0. The summed E-state index contributed by atoms with van der Waals surface area (Å²) in [5.74, 6) is -15.0. The second-order valence-electron chi connectivity index (χ2n) is 2.70. The summed E-state index contributed by atoms with van der Waals surface area (Å²) in [6, 6.07) is 0. The molecule has 8 nitrogen and oxygen atoms in total. The van der Waals surface area contributed by atoms with E-state index in [1.807, 2.05) is 0 Å². The number of carbonyl (C=O) groups excluding carboxylic acids is 2. The van der Waals surface area contributed by atoms with E-state index in [0.717, 1.165) is 0 Å². The van der Waals surface area contributed by atoms with E-state index in [9.17, 15) is 9.59 Å². The lowest BCUT2D eigenvalue weighted by Crippen LogP contribution is -2.67. The maximum atomic E-state index is 10.8. The van der Waals surface area contributed by atoms with Crippen molar-refractivity contribution in [2.24, 2.45) is 0 Å². The average molecular weight is 206 g/mol. The minimum atomic E-state index is -3.89. The maximum Gasteiger partial charge on any atom is 0.296 e. The first-order valence-electron chi connectivity index (χ1n) is 3.25. The SMILES string of the molecule is O=C1C(O)=C(O)C(=O)C(O)(O)C1(O)O. The Kier molecular flexibility index (Phi) is 1.90. The second-order valence-corrected chi connectivity index (χ2v) is 2.70. The van der Waals surface area contributed by atoms with Crippen molar-refractivity contribution in [3.8, 4) is 0 Å². The van der Waals surface area contributed by atoms with E-state index in [-0.39, 0.29) is 0 Å². The minimum Gasteiger partial charge on any atom is -0.502 e. The number of carbonyl (C=O) groups is 2. The van der Waals surface area contributed by atoms with Crippen LogP contribution in [0.25, 0.3) is 0 Å². The third-order valence-electron chi connectivity index (χ3n) is 1.77. The fourth-order valence-corrected chi connectivity index (χ4v) is 0.862. The van der Waals surface area contributed by atoms with Crippen LogP contribution < -0.4 is 0 Å². The molecule has 0 heterocycles. The number of aliphatic hydroxyl groups excluding tert-OH is 2. The molecule has 8 heteroatoms. The summed E-state index contributed by atoms with van der Waals surface area (Å²) in [5.41, 5.74) is 0. The molecule has 1 aliphatic carbocycles. The highest BCUT2D eigenvalue weighted by Gasteiger charge is 2.64. The molecule has 0 aromatic rings. The van der Waals surface area contributed by atoms with Crippen LogP contribution in [0.3, 0.4) is 0 Å². The van der Waals surface area contributed by atoms with Crippen molar-refractivity contribution in [3.63, 3.8) is 0 Å². The van der Waals surface area contributed by atoms with E-state index >= 15 is 0 Å². The van der Waals surface area contributed by atoms with Gasteiger partial charge in [0.2, 0.25) is 11.5 Å². The predicted molar refractivity (Wildman–Crippen MR) is 36.6 cm³/mol. The normalized spacial score (nSPS) is 25.4. The fourth-order valence-electron chi connectivity index (χ4n) is 0.862. The van der Waals surface area contributed by atoms with Crippen LogP contribution in [0.2, 0.25) is 0 Å². The van der Waals surface area contributed by atoms with E-state index in [0.29, 0.717) is 0 Å².